The first-order valence-corrected chi connectivity index (χ1v) is 8.65. The van der Waals surface area contributed by atoms with Crippen LogP contribution >= 0.6 is 11.9 Å². The number of carbonyl (C=O) groups excluding carboxylic acids is 3. The summed E-state index contributed by atoms with van der Waals surface area (Å²) >= 11 is 1.07. The Morgan fingerprint density at radius 2 is 1.96 bits per heavy atom. The Hall–Kier alpha value is -1.12. The molecule has 0 radical (unpaired) electrons. The lowest BCUT2D eigenvalue weighted by Gasteiger charge is -2.37. The Labute approximate surface area is 143 Å². The van der Waals surface area contributed by atoms with E-state index in [4.69, 9.17) is 10.9 Å². The highest BCUT2D eigenvalue weighted by Crippen LogP contribution is 2.35. The minimum Gasteiger partial charge on any atom is -0.352 e. The smallest absolute Gasteiger partial charge is 0.244 e. The maximum Gasteiger partial charge on any atom is 0.244 e. The number of nitrogens with zero attached hydrogens (tertiary/aromatic N) is 1. The van der Waals surface area contributed by atoms with E-state index in [0.717, 1.165) is 11.9 Å². The van der Waals surface area contributed by atoms with Crippen molar-refractivity contribution >= 4 is 30.0 Å². The van der Waals surface area contributed by atoms with Crippen molar-refractivity contribution in [1.29, 1.82) is 0 Å². The van der Waals surface area contributed by atoms with Gasteiger partial charge in [-0.25, -0.2) is 0 Å². The van der Waals surface area contributed by atoms with Gasteiger partial charge in [-0.3, -0.25) is 14.7 Å². The van der Waals surface area contributed by atoms with Crippen LogP contribution in [-0.2, 0) is 14.4 Å². The summed E-state index contributed by atoms with van der Waals surface area (Å²) in [7, 11) is 1.54. The lowest BCUT2D eigenvalue weighted by Crippen LogP contribution is -2.56. The molecular weight excluding hydrogens is 316 g/mol. The molecule has 2 amide bonds. The minimum atomic E-state index is -0.775. The first kappa shape index (κ1) is 21.9. The van der Waals surface area contributed by atoms with Crippen molar-refractivity contribution in [3.8, 4) is 0 Å². The van der Waals surface area contributed by atoms with Gasteiger partial charge in [0.1, 0.15) is 12.3 Å². The van der Waals surface area contributed by atoms with Crippen LogP contribution in [0.5, 0.6) is 0 Å². The first-order chi connectivity index (χ1) is 10.7. The maximum absolute atomic E-state index is 12.9. The zero-order chi connectivity index (χ0) is 18.2. The number of nitrogens with one attached hydrogen (secondary N) is 1. The Morgan fingerprint density at radius 1 is 1.39 bits per heavy atom. The number of amides is 2. The molecule has 0 saturated carbocycles. The summed E-state index contributed by atoms with van der Waals surface area (Å²) in [5, 5.41) is 8.50. The SMILES string of the molecule is CCC(C)(SN)C(CC=O)C(=O)N(C)C(CN)C(=O)NC(C)C. The molecule has 0 spiro atoms. The van der Waals surface area contributed by atoms with Crippen molar-refractivity contribution in [2.24, 2.45) is 16.8 Å². The van der Waals surface area contributed by atoms with E-state index in [0.29, 0.717) is 12.7 Å². The second kappa shape index (κ2) is 9.89. The third kappa shape index (κ3) is 5.78. The van der Waals surface area contributed by atoms with Crippen LogP contribution in [0, 0.1) is 5.92 Å². The number of nitrogens with two attached hydrogens (primary N) is 2. The van der Waals surface area contributed by atoms with Gasteiger partial charge in [0, 0.05) is 30.8 Å². The number of hydrogen-bond donors (Lipinski definition) is 3. The molecule has 23 heavy (non-hydrogen) atoms. The summed E-state index contributed by atoms with van der Waals surface area (Å²) in [5.41, 5.74) is 5.68. The van der Waals surface area contributed by atoms with Crippen LogP contribution in [0.1, 0.15) is 40.5 Å². The Kier molecular flexibility index (Phi) is 9.41. The van der Waals surface area contributed by atoms with Gasteiger partial charge >= 0.3 is 0 Å². The van der Waals surface area contributed by atoms with E-state index in [2.05, 4.69) is 5.32 Å². The van der Waals surface area contributed by atoms with E-state index < -0.39 is 16.7 Å². The normalized spacial score (nSPS) is 16.3. The fourth-order valence-electron chi connectivity index (χ4n) is 2.34. The Morgan fingerprint density at radius 3 is 2.30 bits per heavy atom. The standard InChI is InChI=1S/C15H30N4O3S/c1-6-15(4,23-17)11(7-8-20)14(22)19(5)12(9-16)13(21)18-10(2)3/h8,10-12H,6-7,9,16-17H2,1-5H3,(H,18,21). The molecule has 0 aromatic rings. The summed E-state index contributed by atoms with van der Waals surface area (Å²) in [6, 6.07) is -0.825. The molecule has 0 aliphatic carbocycles. The molecule has 0 aromatic carbocycles. The minimum absolute atomic E-state index is 0.00715. The van der Waals surface area contributed by atoms with Gasteiger partial charge in [0.15, 0.2) is 0 Å². The van der Waals surface area contributed by atoms with Gasteiger partial charge in [0.2, 0.25) is 11.8 Å². The second-order valence-electron chi connectivity index (χ2n) is 6.10. The number of likely N-dealkylation sites (N-methyl/N-ethyl adjacent to an activating group) is 1. The fraction of sp³-hybridized carbons (Fsp3) is 0.800. The third-order valence-corrected chi connectivity index (χ3v) is 5.22. The first-order valence-electron chi connectivity index (χ1n) is 7.77. The second-order valence-corrected chi connectivity index (χ2v) is 7.27. The van der Waals surface area contributed by atoms with Crippen molar-refractivity contribution in [1.82, 2.24) is 10.2 Å². The highest BCUT2D eigenvalue weighted by molar-refractivity contribution is 7.98. The molecule has 0 fully saturated rings. The zero-order valence-corrected chi connectivity index (χ0v) is 15.5. The average Bonchev–Trinajstić information content (AvgIpc) is 2.51. The van der Waals surface area contributed by atoms with Crippen LogP contribution in [0.25, 0.3) is 0 Å². The molecule has 7 nitrogen and oxygen atoms in total. The lowest BCUT2D eigenvalue weighted by atomic mass is 9.86. The number of rotatable bonds is 10. The van der Waals surface area contributed by atoms with E-state index in [9.17, 15) is 14.4 Å². The van der Waals surface area contributed by atoms with Gasteiger partial charge in [0.25, 0.3) is 0 Å². The van der Waals surface area contributed by atoms with Gasteiger partial charge in [-0.15, -0.1) is 0 Å². The predicted molar refractivity (Wildman–Crippen MR) is 93.5 cm³/mol. The molecule has 3 unspecified atom stereocenters. The summed E-state index contributed by atoms with van der Waals surface area (Å²) in [4.78, 5) is 37.4. The molecular formula is C15H30N4O3S. The molecule has 8 heteroatoms. The topological polar surface area (TPSA) is 119 Å². The summed E-state index contributed by atoms with van der Waals surface area (Å²) in [6.07, 6.45) is 1.39. The van der Waals surface area contributed by atoms with E-state index in [1.165, 1.54) is 11.9 Å². The van der Waals surface area contributed by atoms with Crippen molar-refractivity contribution in [2.75, 3.05) is 13.6 Å². The Bertz CT molecular complexity index is 414. The highest BCUT2D eigenvalue weighted by atomic mass is 32.2. The highest BCUT2D eigenvalue weighted by Gasteiger charge is 2.41. The average molecular weight is 346 g/mol. The quantitative estimate of drug-likeness (QED) is 0.386. The molecule has 134 valence electrons. The molecule has 0 aliphatic heterocycles. The van der Waals surface area contributed by atoms with Gasteiger partial charge in [-0.05, 0) is 27.2 Å². The van der Waals surface area contributed by atoms with Gasteiger partial charge in [0.05, 0.1) is 5.92 Å². The molecule has 0 heterocycles. The van der Waals surface area contributed by atoms with Gasteiger partial charge < -0.3 is 20.7 Å². The van der Waals surface area contributed by atoms with E-state index in [1.807, 2.05) is 27.7 Å². The summed E-state index contributed by atoms with van der Waals surface area (Å²) in [5.74, 6) is -1.21. The van der Waals surface area contributed by atoms with Crippen LogP contribution < -0.4 is 16.2 Å². The van der Waals surface area contributed by atoms with Crippen molar-refractivity contribution in [3.63, 3.8) is 0 Å². The van der Waals surface area contributed by atoms with Crippen LogP contribution in [-0.4, -0.2) is 53.4 Å². The van der Waals surface area contributed by atoms with Crippen LogP contribution in [0.2, 0.25) is 0 Å². The molecule has 0 aliphatic rings. The summed E-state index contributed by atoms with van der Waals surface area (Å²) < 4.78 is -0.583. The molecule has 0 saturated heterocycles. The maximum atomic E-state index is 12.9. The van der Waals surface area contributed by atoms with Crippen molar-refractivity contribution in [2.45, 2.75) is 57.4 Å². The predicted octanol–water partition coefficient (Wildman–Crippen LogP) is 0.278. The van der Waals surface area contributed by atoms with E-state index in [-0.39, 0.29) is 30.8 Å². The summed E-state index contributed by atoms with van der Waals surface area (Å²) in [6.45, 7) is 7.44. The zero-order valence-electron chi connectivity index (χ0n) is 14.7. The van der Waals surface area contributed by atoms with E-state index in [1.54, 1.807) is 0 Å². The van der Waals surface area contributed by atoms with Gasteiger partial charge in [-0.1, -0.05) is 18.9 Å². The Balaban J connectivity index is 5.39. The van der Waals surface area contributed by atoms with Crippen LogP contribution in [0.3, 0.4) is 0 Å². The van der Waals surface area contributed by atoms with Crippen molar-refractivity contribution < 1.29 is 14.4 Å². The molecule has 0 bridgehead atoms. The molecule has 5 N–H and O–H groups in total. The number of carbonyl (C=O) groups is 3. The molecule has 3 atom stereocenters. The van der Waals surface area contributed by atoms with Gasteiger partial charge in [-0.2, -0.15) is 0 Å². The molecule has 0 aromatic heterocycles. The number of aldehydes is 1. The largest absolute Gasteiger partial charge is 0.352 e. The van der Waals surface area contributed by atoms with Crippen LogP contribution in [0.15, 0.2) is 0 Å². The third-order valence-electron chi connectivity index (χ3n) is 4.11. The van der Waals surface area contributed by atoms with E-state index >= 15 is 0 Å². The molecule has 0 rings (SSSR count). The fourth-order valence-corrected chi connectivity index (χ4v) is 2.87. The van der Waals surface area contributed by atoms with Crippen LogP contribution in [0.4, 0.5) is 0 Å². The lowest BCUT2D eigenvalue weighted by molar-refractivity contribution is -0.143. The monoisotopic (exact) mass is 346 g/mol. The number of hydrogen-bond acceptors (Lipinski definition) is 6. The van der Waals surface area contributed by atoms with Crippen molar-refractivity contribution in [3.05, 3.63) is 0 Å².